The van der Waals surface area contributed by atoms with E-state index < -0.39 is 21.8 Å². The monoisotopic (exact) mass is 679 g/mol. The van der Waals surface area contributed by atoms with Crippen LogP contribution in [-0.2, 0) is 22.0 Å². The van der Waals surface area contributed by atoms with Crippen molar-refractivity contribution in [1.82, 2.24) is 15.2 Å². The summed E-state index contributed by atoms with van der Waals surface area (Å²) in [7, 11) is -3.75. The number of alkyl halides is 3. The number of sulfonamides is 1. The predicted octanol–water partition coefficient (Wildman–Crippen LogP) is 6.26. The summed E-state index contributed by atoms with van der Waals surface area (Å²) in [5, 5.41) is 3.31. The Hall–Kier alpha value is -4.62. The Kier molecular flexibility index (Phi) is 9.88. The highest BCUT2D eigenvalue weighted by molar-refractivity contribution is 7.91. The van der Waals surface area contributed by atoms with Gasteiger partial charge in [-0.15, -0.1) is 0 Å². The molecule has 6 rings (SSSR count). The van der Waals surface area contributed by atoms with Crippen LogP contribution in [0.5, 0.6) is 11.6 Å². The van der Waals surface area contributed by atoms with E-state index in [0.717, 1.165) is 49.4 Å². The molecule has 0 spiro atoms. The Balaban J connectivity index is 1.10. The van der Waals surface area contributed by atoms with E-state index in [4.69, 9.17) is 4.74 Å². The molecular weight excluding hydrogens is 643 g/mol. The first-order valence-electron chi connectivity index (χ1n) is 15.8. The van der Waals surface area contributed by atoms with E-state index in [2.05, 4.69) is 19.9 Å². The first-order chi connectivity index (χ1) is 23.0. The molecule has 0 bridgehead atoms. The third kappa shape index (κ3) is 8.26. The Bertz CT molecular complexity index is 1810. The number of hydrogen-bond donors (Lipinski definition) is 2. The lowest BCUT2D eigenvalue weighted by atomic mass is 9.89. The molecule has 4 aromatic rings. The lowest BCUT2D eigenvalue weighted by molar-refractivity contribution is -0.137. The fourth-order valence-electron chi connectivity index (χ4n) is 6.07. The molecule has 0 atom stereocenters. The van der Waals surface area contributed by atoms with E-state index in [1.807, 2.05) is 24.3 Å². The van der Waals surface area contributed by atoms with Gasteiger partial charge in [0.15, 0.2) is 0 Å². The molecule has 1 amide bonds. The van der Waals surface area contributed by atoms with Crippen molar-refractivity contribution in [3.63, 3.8) is 0 Å². The van der Waals surface area contributed by atoms with Crippen molar-refractivity contribution in [2.45, 2.75) is 30.7 Å². The summed E-state index contributed by atoms with van der Waals surface area (Å²) >= 11 is 0. The van der Waals surface area contributed by atoms with Crippen molar-refractivity contribution in [2.75, 3.05) is 48.9 Å². The van der Waals surface area contributed by atoms with Crippen molar-refractivity contribution in [3.05, 3.63) is 113 Å². The maximum atomic E-state index is 13.7. The molecule has 9 nitrogen and oxygen atoms in total. The van der Waals surface area contributed by atoms with Crippen molar-refractivity contribution < 1.29 is 31.1 Å². The molecule has 3 heterocycles. The van der Waals surface area contributed by atoms with Crippen LogP contribution >= 0.6 is 0 Å². The highest BCUT2D eigenvalue weighted by atomic mass is 32.2. The number of carbonyl (C=O) groups excluding carboxylic acids is 1. The fraction of sp³-hybridized carbons (Fsp3) is 0.314. The van der Waals surface area contributed by atoms with Crippen LogP contribution in [0.2, 0.25) is 0 Å². The molecule has 2 aliphatic heterocycles. The molecule has 2 fully saturated rings. The number of hydrogen-bond acceptors (Lipinski definition) is 7. The first-order valence-corrected chi connectivity index (χ1v) is 17.4. The number of amides is 1. The van der Waals surface area contributed by atoms with E-state index in [0.29, 0.717) is 48.7 Å². The number of rotatable bonds is 9. The molecule has 2 aliphatic rings. The largest absolute Gasteiger partial charge is 0.439 e. The number of carbonyl (C=O) groups is 1. The maximum absolute atomic E-state index is 13.7. The van der Waals surface area contributed by atoms with E-state index in [1.165, 1.54) is 6.07 Å². The quantitative estimate of drug-likeness (QED) is 0.215. The topological polar surface area (TPSA) is 104 Å². The number of likely N-dealkylation sites (tertiary alicyclic amines) is 1. The van der Waals surface area contributed by atoms with Crippen LogP contribution in [0.25, 0.3) is 0 Å². The number of nitrogens with zero attached hydrogens (tertiary/aromatic N) is 3. The Morgan fingerprint density at radius 3 is 2.27 bits per heavy atom. The van der Waals surface area contributed by atoms with E-state index in [1.54, 1.807) is 53.4 Å². The molecule has 2 N–H and O–H groups in total. The molecule has 1 aromatic heterocycles. The van der Waals surface area contributed by atoms with Gasteiger partial charge < -0.3 is 19.9 Å². The van der Waals surface area contributed by atoms with Crippen molar-refractivity contribution >= 4 is 27.3 Å². The second-order valence-corrected chi connectivity index (χ2v) is 13.7. The van der Waals surface area contributed by atoms with Crippen LogP contribution in [0, 0.1) is 0 Å². The van der Waals surface area contributed by atoms with Gasteiger partial charge in [0.2, 0.25) is 15.9 Å². The standard InChI is InChI=1S/C35H36F3N5O4S/c36-35(37,38)29-9-13-33(40-23-29)47-30-10-6-26(7-11-30)27-14-18-43(19-15-27)34(44)28-8-12-32(42-20-16-39-17-21-42)31(22-28)41-48(45,46)24-25-4-2-1-3-5-25/h1-13,22-23,27,39,41H,14-21,24H2. The molecule has 3 aromatic carbocycles. The third-order valence-electron chi connectivity index (χ3n) is 8.59. The van der Waals surface area contributed by atoms with Gasteiger partial charge in [0.05, 0.1) is 22.7 Å². The Morgan fingerprint density at radius 2 is 1.62 bits per heavy atom. The van der Waals surface area contributed by atoms with Gasteiger partial charge in [0.1, 0.15) is 5.75 Å². The molecule has 13 heteroatoms. The zero-order chi connectivity index (χ0) is 33.7. The summed E-state index contributed by atoms with van der Waals surface area (Å²) in [6, 6.07) is 23.7. The predicted molar refractivity (Wildman–Crippen MR) is 178 cm³/mol. The van der Waals surface area contributed by atoms with Gasteiger partial charge in [-0.3, -0.25) is 9.52 Å². The van der Waals surface area contributed by atoms with E-state index in [9.17, 15) is 26.4 Å². The lowest BCUT2D eigenvalue weighted by Crippen LogP contribution is -2.44. The van der Waals surface area contributed by atoms with Crippen molar-refractivity contribution in [1.29, 1.82) is 0 Å². The molecule has 0 aliphatic carbocycles. The molecular formula is C35H36F3N5O4S. The molecule has 0 unspecified atom stereocenters. The number of piperazine rings is 1. The van der Waals surface area contributed by atoms with Crippen molar-refractivity contribution in [3.8, 4) is 11.6 Å². The summed E-state index contributed by atoms with van der Waals surface area (Å²) in [4.78, 5) is 21.3. The highest BCUT2D eigenvalue weighted by Gasteiger charge is 2.31. The van der Waals surface area contributed by atoms with Crippen LogP contribution < -0.4 is 19.7 Å². The number of pyridine rings is 1. The van der Waals surface area contributed by atoms with E-state index >= 15 is 0 Å². The first kappa shape index (κ1) is 33.3. The normalized spacial score (nSPS) is 16.1. The summed E-state index contributed by atoms with van der Waals surface area (Å²) < 4.78 is 73.3. The SMILES string of the molecule is O=C(c1ccc(N2CCNCC2)c(NS(=O)(=O)Cc2ccccc2)c1)N1CCC(c2ccc(Oc3ccc(C(F)(F)F)cn3)cc2)CC1. The molecule has 2 saturated heterocycles. The van der Waals surface area contributed by atoms with Gasteiger partial charge in [-0.05, 0) is 66.3 Å². The summed E-state index contributed by atoms with van der Waals surface area (Å²) in [6.07, 6.45) is -2.25. The van der Waals surface area contributed by atoms with Gasteiger partial charge in [-0.2, -0.15) is 13.2 Å². The average molecular weight is 680 g/mol. The zero-order valence-electron chi connectivity index (χ0n) is 26.1. The summed E-state index contributed by atoms with van der Waals surface area (Å²) in [5.74, 6) is 0.396. The number of ether oxygens (including phenoxy) is 1. The third-order valence-corrected chi connectivity index (χ3v) is 9.83. The van der Waals surface area contributed by atoms with Crippen LogP contribution in [0.4, 0.5) is 24.5 Å². The minimum atomic E-state index is -4.46. The van der Waals surface area contributed by atoms with Gasteiger partial charge in [-0.25, -0.2) is 13.4 Å². The van der Waals surface area contributed by atoms with Crippen LogP contribution in [0.15, 0.2) is 91.1 Å². The lowest BCUT2D eigenvalue weighted by Gasteiger charge is -2.33. The average Bonchev–Trinajstić information content (AvgIpc) is 3.09. The number of nitrogens with one attached hydrogen (secondary N) is 2. The van der Waals surface area contributed by atoms with Crippen LogP contribution in [0.3, 0.4) is 0 Å². The fourth-order valence-corrected chi connectivity index (χ4v) is 7.27. The minimum Gasteiger partial charge on any atom is -0.439 e. The number of halogens is 3. The molecule has 0 radical (unpaired) electrons. The number of piperidine rings is 1. The van der Waals surface area contributed by atoms with Crippen molar-refractivity contribution in [2.24, 2.45) is 0 Å². The Labute approximate surface area is 277 Å². The van der Waals surface area contributed by atoms with Gasteiger partial charge >= 0.3 is 6.18 Å². The van der Waals surface area contributed by atoms with Gasteiger partial charge in [0, 0.05) is 57.1 Å². The number of benzene rings is 3. The second kappa shape index (κ2) is 14.2. The smallest absolute Gasteiger partial charge is 0.417 e. The highest BCUT2D eigenvalue weighted by Crippen LogP contribution is 2.34. The van der Waals surface area contributed by atoms with Crippen LogP contribution in [0.1, 0.15) is 45.8 Å². The van der Waals surface area contributed by atoms with E-state index in [-0.39, 0.29) is 23.5 Å². The van der Waals surface area contributed by atoms with Gasteiger partial charge in [-0.1, -0.05) is 42.5 Å². The van der Waals surface area contributed by atoms with Gasteiger partial charge in [0.25, 0.3) is 5.91 Å². The molecule has 48 heavy (non-hydrogen) atoms. The molecule has 252 valence electrons. The summed E-state index contributed by atoms with van der Waals surface area (Å²) in [5.41, 5.74) is 2.45. The second-order valence-electron chi connectivity index (χ2n) is 11.9. The number of anilines is 2. The van der Waals surface area contributed by atoms with Crippen LogP contribution in [-0.4, -0.2) is 63.5 Å². The number of aromatic nitrogens is 1. The summed E-state index contributed by atoms with van der Waals surface area (Å²) in [6.45, 7) is 4.05. The Morgan fingerprint density at radius 1 is 0.917 bits per heavy atom. The minimum absolute atomic E-state index is 0.0655. The maximum Gasteiger partial charge on any atom is 0.417 e. The zero-order valence-corrected chi connectivity index (χ0v) is 26.9. The molecule has 0 saturated carbocycles.